The van der Waals surface area contributed by atoms with Crippen LogP contribution in [-0.2, 0) is 11.2 Å². The van der Waals surface area contributed by atoms with E-state index in [9.17, 15) is 14.0 Å². The minimum Gasteiger partial charge on any atom is -0.336 e. The van der Waals surface area contributed by atoms with E-state index in [1.54, 1.807) is 13.0 Å². The highest BCUT2D eigenvalue weighted by Crippen LogP contribution is 2.24. The van der Waals surface area contributed by atoms with E-state index in [2.05, 4.69) is 17.6 Å². The number of carbonyl (C=O) groups is 2. The predicted molar refractivity (Wildman–Crippen MR) is 102 cm³/mol. The van der Waals surface area contributed by atoms with Crippen molar-refractivity contribution in [1.82, 2.24) is 15.5 Å². The summed E-state index contributed by atoms with van der Waals surface area (Å²) in [5.41, 5.74) is 2.86. The van der Waals surface area contributed by atoms with Crippen LogP contribution in [0.1, 0.15) is 36.6 Å². The molecule has 2 aromatic rings. The van der Waals surface area contributed by atoms with Crippen LogP contribution < -0.4 is 10.6 Å². The van der Waals surface area contributed by atoms with Crippen LogP contribution in [-0.4, -0.2) is 36.0 Å². The lowest BCUT2D eigenvalue weighted by atomic mass is 9.96. The van der Waals surface area contributed by atoms with E-state index in [-0.39, 0.29) is 23.8 Å². The summed E-state index contributed by atoms with van der Waals surface area (Å²) in [6, 6.07) is 13.0. The smallest absolute Gasteiger partial charge is 0.324 e. The van der Waals surface area contributed by atoms with Gasteiger partial charge in [0.15, 0.2) is 0 Å². The molecule has 0 aliphatic carbocycles. The number of benzene rings is 2. The Kier molecular flexibility index (Phi) is 5.86. The Morgan fingerprint density at radius 1 is 1.22 bits per heavy atom. The second-order valence-corrected chi connectivity index (χ2v) is 6.69. The van der Waals surface area contributed by atoms with Gasteiger partial charge in [0.05, 0.1) is 12.1 Å². The zero-order valence-corrected chi connectivity index (χ0v) is 15.5. The summed E-state index contributed by atoms with van der Waals surface area (Å²) in [7, 11) is 0. The normalized spacial score (nSPS) is 16.1. The maximum absolute atomic E-state index is 13.8. The molecule has 2 aromatic carbocycles. The molecule has 0 aromatic heterocycles. The van der Waals surface area contributed by atoms with Gasteiger partial charge in [0.25, 0.3) is 0 Å². The largest absolute Gasteiger partial charge is 0.336 e. The third-order valence-corrected chi connectivity index (χ3v) is 4.81. The van der Waals surface area contributed by atoms with Crippen molar-refractivity contribution in [2.75, 3.05) is 13.1 Å². The van der Waals surface area contributed by atoms with Crippen molar-refractivity contribution < 1.29 is 14.0 Å². The van der Waals surface area contributed by atoms with E-state index in [1.807, 2.05) is 30.3 Å². The molecule has 1 saturated heterocycles. The van der Waals surface area contributed by atoms with Crippen LogP contribution in [0.5, 0.6) is 0 Å². The van der Waals surface area contributed by atoms with Crippen LogP contribution in [0.25, 0.3) is 0 Å². The van der Waals surface area contributed by atoms with E-state index in [1.165, 1.54) is 22.6 Å². The van der Waals surface area contributed by atoms with E-state index >= 15 is 0 Å². The lowest BCUT2D eigenvalue weighted by Crippen LogP contribution is -2.47. The van der Waals surface area contributed by atoms with Gasteiger partial charge in [-0.2, -0.15) is 0 Å². The number of amides is 3. The van der Waals surface area contributed by atoms with Gasteiger partial charge >= 0.3 is 6.03 Å². The summed E-state index contributed by atoms with van der Waals surface area (Å²) in [6.07, 6.45) is 0.928. The number of hydrogen-bond acceptors (Lipinski definition) is 3. The van der Waals surface area contributed by atoms with Crippen molar-refractivity contribution in [2.24, 2.45) is 0 Å². The van der Waals surface area contributed by atoms with Gasteiger partial charge in [-0.1, -0.05) is 43.3 Å². The number of hydrogen-bond donors (Lipinski definition) is 2. The molecule has 3 amide bonds. The first-order valence-electron chi connectivity index (χ1n) is 9.19. The number of rotatable bonds is 6. The van der Waals surface area contributed by atoms with Crippen molar-refractivity contribution in [3.8, 4) is 0 Å². The average Bonchev–Trinajstić information content (AvgIpc) is 3.11. The third-order valence-electron chi connectivity index (χ3n) is 4.81. The monoisotopic (exact) mass is 369 g/mol. The molecule has 6 heteroatoms. The van der Waals surface area contributed by atoms with Crippen LogP contribution in [0, 0.1) is 5.82 Å². The lowest BCUT2D eigenvalue weighted by molar-refractivity contribution is -0.129. The molecule has 5 nitrogen and oxygen atoms in total. The summed E-state index contributed by atoms with van der Waals surface area (Å²) in [6.45, 7) is 4.63. The van der Waals surface area contributed by atoms with E-state index in [0.29, 0.717) is 13.1 Å². The van der Waals surface area contributed by atoms with Crippen molar-refractivity contribution in [3.05, 3.63) is 71.0 Å². The summed E-state index contributed by atoms with van der Waals surface area (Å²) in [5, 5.41) is 5.90. The van der Waals surface area contributed by atoms with Crippen molar-refractivity contribution in [3.63, 3.8) is 0 Å². The number of imide groups is 1. The van der Waals surface area contributed by atoms with Gasteiger partial charge in [-0.05, 0) is 42.2 Å². The molecule has 1 aliphatic rings. The van der Waals surface area contributed by atoms with Crippen LogP contribution in [0.15, 0.2) is 48.5 Å². The van der Waals surface area contributed by atoms with Gasteiger partial charge in [-0.25, -0.2) is 9.18 Å². The minimum absolute atomic E-state index is 0.295. The molecule has 1 fully saturated rings. The molecule has 1 aliphatic heterocycles. The highest BCUT2D eigenvalue weighted by atomic mass is 19.1. The summed E-state index contributed by atoms with van der Waals surface area (Å²) in [5.74, 6) is -0.626. The maximum Gasteiger partial charge on any atom is 0.324 e. The first-order valence-corrected chi connectivity index (χ1v) is 9.19. The Morgan fingerprint density at radius 3 is 2.56 bits per heavy atom. The van der Waals surface area contributed by atoms with Gasteiger partial charge in [-0.3, -0.25) is 15.0 Å². The molecule has 0 bridgehead atoms. The molecule has 0 saturated carbocycles. The second kappa shape index (κ2) is 8.31. The van der Waals surface area contributed by atoms with Crippen LogP contribution in [0.2, 0.25) is 0 Å². The third kappa shape index (κ3) is 4.34. The fourth-order valence-electron chi connectivity index (χ4n) is 3.25. The van der Waals surface area contributed by atoms with Gasteiger partial charge in [0, 0.05) is 13.1 Å². The Balaban J connectivity index is 1.87. The zero-order valence-electron chi connectivity index (χ0n) is 15.5. The Hall–Kier alpha value is -2.73. The van der Waals surface area contributed by atoms with Crippen LogP contribution in [0.3, 0.4) is 0 Å². The highest BCUT2D eigenvalue weighted by Gasteiger charge is 2.31. The predicted octanol–water partition coefficient (Wildman–Crippen LogP) is 3.01. The van der Waals surface area contributed by atoms with E-state index in [4.69, 9.17) is 0 Å². The lowest BCUT2D eigenvalue weighted by Gasteiger charge is -2.26. The molecule has 0 unspecified atom stereocenters. The summed E-state index contributed by atoms with van der Waals surface area (Å²) >= 11 is 0. The summed E-state index contributed by atoms with van der Waals surface area (Å²) < 4.78 is 13.8. The summed E-state index contributed by atoms with van der Waals surface area (Å²) in [4.78, 5) is 25.6. The Bertz CT molecular complexity index is 822. The molecule has 0 radical (unpaired) electrons. The van der Waals surface area contributed by atoms with Gasteiger partial charge in [-0.15, -0.1) is 0 Å². The van der Waals surface area contributed by atoms with Gasteiger partial charge in [0.1, 0.15) is 5.82 Å². The van der Waals surface area contributed by atoms with Crippen LogP contribution in [0.4, 0.5) is 9.18 Å². The van der Waals surface area contributed by atoms with Gasteiger partial charge in [0.2, 0.25) is 5.91 Å². The number of nitrogens with one attached hydrogen (secondary N) is 2. The molecular formula is C21H24FN3O2. The average molecular weight is 369 g/mol. The van der Waals surface area contributed by atoms with E-state index < -0.39 is 6.04 Å². The molecule has 3 rings (SSSR count). The number of nitrogens with zero attached hydrogens (tertiary/aromatic N) is 1. The van der Waals surface area contributed by atoms with Crippen LogP contribution >= 0.6 is 0 Å². The highest BCUT2D eigenvalue weighted by molar-refractivity contribution is 5.98. The van der Waals surface area contributed by atoms with Gasteiger partial charge < -0.3 is 5.32 Å². The number of halogens is 1. The number of carbonyl (C=O) groups excluding carboxylic acids is 2. The minimum atomic E-state index is -0.604. The Morgan fingerprint density at radius 2 is 1.96 bits per heavy atom. The maximum atomic E-state index is 13.8. The fraction of sp³-hybridized carbons (Fsp3) is 0.333. The Labute approximate surface area is 158 Å². The molecular weight excluding hydrogens is 345 g/mol. The van der Waals surface area contributed by atoms with Crippen molar-refractivity contribution in [1.29, 1.82) is 0 Å². The number of aryl methyl sites for hydroxylation is 1. The first kappa shape index (κ1) is 19.0. The SMILES string of the molecule is CCc1ccc([C@H](N[C@H](C)C(=O)N2CCNC2=O)c2cccc(F)c2)cc1. The molecule has 1 heterocycles. The van der Waals surface area contributed by atoms with Crippen molar-refractivity contribution in [2.45, 2.75) is 32.4 Å². The first-order chi connectivity index (χ1) is 13.0. The standard InChI is InChI=1S/C21H24FN3O2/c1-3-15-7-9-16(10-8-15)19(17-5-4-6-18(22)13-17)24-14(2)20(26)25-12-11-23-21(25)27/h4-10,13-14,19,24H,3,11-12H2,1-2H3,(H,23,27)/t14-,19+/m1/s1. The second-order valence-electron chi connectivity index (χ2n) is 6.69. The van der Waals surface area contributed by atoms with Crippen molar-refractivity contribution >= 4 is 11.9 Å². The molecule has 142 valence electrons. The molecule has 27 heavy (non-hydrogen) atoms. The molecule has 2 N–H and O–H groups in total. The topological polar surface area (TPSA) is 61.4 Å². The molecule has 2 atom stereocenters. The number of urea groups is 1. The zero-order chi connectivity index (χ0) is 19.4. The van der Waals surface area contributed by atoms with E-state index in [0.717, 1.165) is 17.5 Å². The fourth-order valence-corrected chi connectivity index (χ4v) is 3.25. The quantitative estimate of drug-likeness (QED) is 0.823. The molecule has 0 spiro atoms.